The van der Waals surface area contributed by atoms with Gasteiger partial charge in [-0.25, -0.2) is 9.07 Å². The standard InChI is InChI=1S/C13H12FN3O2/c1-8-3-4-9(14)11(7-8)15-13(19)10-5-6-12(18)17(2)16-10/h3-7H,1-2H3,(H,15,19). The molecule has 1 amide bonds. The third-order valence-electron chi connectivity index (χ3n) is 2.56. The van der Waals surface area contributed by atoms with Crippen LogP contribution in [0.15, 0.2) is 35.1 Å². The Bertz CT molecular complexity index is 695. The maximum atomic E-state index is 13.5. The Kier molecular flexibility index (Phi) is 3.41. The highest BCUT2D eigenvalue weighted by atomic mass is 19.1. The summed E-state index contributed by atoms with van der Waals surface area (Å²) in [6.45, 7) is 1.79. The van der Waals surface area contributed by atoms with E-state index in [1.54, 1.807) is 13.0 Å². The molecular weight excluding hydrogens is 249 g/mol. The molecule has 6 heteroatoms. The van der Waals surface area contributed by atoms with E-state index in [-0.39, 0.29) is 16.9 Å². The first-order valence-corrected chi connectivity index (χ1v) is 5.59. The fourth-order valence-electron chi connectivity index (χ4n) is 1.54. The molecule has 0 aliphatic heterocycles. The van der Waals surface area contributed by atoms with Gasteiger partial charge >= 0.3 is 0 Å². The van der Waals surface area contributed by atoms with Gasteiger partial charge in [0.1, 0.15) is 11.5 Å². The molecule has 0 spiro atoms. The molecule has 0 aliphatic rings. The SMILES string of the molecule is Cc1ccc(F)c(NC(=O)c2ccc(=O)n(C)n2)c1. The van der Waals surface area contributed by atoms with E-state index in [0.29, 0.717) is 0 Å². The molecule has 98 valence electrons. The van der Waals surface area contributed by atoms with Crippen molar-refractivity contribution in [3.63, 3.8) is 0 Å². The lowest BCUT2D eigenvalue weighted by Crippen LogP contribution is -2.23. The molecule has 0 saturated carbocycles. The van der Waals surface area contributed by atoms with Crippen LogP contribution in [-0.4, -0.2) is 15.7 Å². The van der Waals surface area contributed by atoms with Crippen molar-refractivity contribution in [2.24, 2.45) is 7.05 Å². The number of aromatic nitrogens is 2. The molecule has 0 saturated heterocycles. The van der Waals surface area contributed by atoms with Crippen LogP contribution in [0.4, 0.5) is 10.1 Å². The topological polar surface area (TPSA) is 64.0 Å². The van der Waals surface area contributed by atoms with Gasteiger partial charge in [-0.1, -0.05) is 6.07 Å². The van der Waals surface area contributed by atoms with Crippen molar-refractivity contribution in [1.82, 2.24) is 9.78 Å². The van der Waals surface area contributed by atoms with Gasteiger partial charge in [0.2, 0.25) is 0 Å². The molecular formula is C13H12FN3O2. The van der Waals surface area contributed by atoms with Gasteiger partial charge in [-0.05, 0) is 30.7 Å². The van der Waals surface area contributed by atoms with Gasteiger partial charge in [-0.2, -0.15) is 5.10 Å². The number of nitrogens with zero attached hydrogens (tertiary/aromatic N) is 2. The second-order valence-electron chi connectivity index (χ2n) is 4.12. The predicted molar refractivity (Wildman–Crippen MR) is 68.6 cm³/mol. The fourth-order valence-corrected chi connectivity index (χ4v) is 1.54. The molecule has 0 fully saturated rings. The zero-order chi connectivity index (χ0) is 14.0. The van der Waals surface area contributed by atoms with E-state index >= 15 is 0 Å². The van der Waals surface area contributed by atoms with E-state index in [2.05, 4.69) is 10.4 Å². The molecule has 0 aliphatic carbocycles. The van der Waals surface area contributed by atoms with Crippen LogP contribution in [0.25, 0.3) is 0 Å². The maximum absolute atomic E-state index is 13.5. The Balaban J connectivity index is 2.28. The molecule has 0 atom stereocenters. The molecule has 5 nitrogen and oxygen atoms in total. The smallest absolute Gasteiger partial charge is 0.276 e. The van der Waals surface area contributed by atoms with Crippen molar-refractivity contribution in [3.05, 3.63) is 57.8 Å². The summed E-state index contributed by atoms with van der Waals surface area (Å²) in [6.07, 6.45) is 0. The predicted octanol–water partition coefficient (Wildman–Crippen LogP) is 1.48. The maximum Gasteiger partial charge on any atom is 0.276 e. The molecule has 0 radical (unpaired) electrons. The minimum absolute atomic E-state index is 0.0445. The van der Waals surface area contributed by atoms with E-state index in [0.717, 1.165) is 10.2 Å². The second-order valence-corrected chi connectivity index (χ2v) is 4.12. The quantitative estimate of drug-likeness (QED) is 0.890. The molecule has 0 unspecified atom stereocenters. The number of amides is 1. The number of nitrogens with one attached hydrogen (secondary N) is 1. The van der Waals surface area contributed by atoms with Crippen molar-refractivity contribution < 1.29 is 9.18 Å². The van der Waals surface area contributed by atoms with Crippen LogP contribution in [0.5, 0.6) is 0 Å². The Morgan fingerprint density at radius 1 is 1.32 bits per heavy atom. The molecule has 1 N–H and O–H groups in total. The van der Waals surface area contributed by atoms with Gasteiger partial charge in [0.05, 0.1) is 5.69 Å². The minimum Gasteiger partial charge on any atom is -0.318 e. The normalized spacial score (nSPS) is 10.3. The number of hydrogen-bond donors (Lipinski definition) is 1. The van der Waals surface area contributed by atoms with E-state index in [9.17, 15) is 14.0 Å². The highest BCUT2D eigenvalue weighted by Gasteiger charge is 2.11. The molecule has 1 aromatic heterocycles. The second kappa shape index (κ2) is 5.01. The number of hydrogen-bond acceptors (Lipinski definition) is 3. The lowest BCUT2D eigenvalue weighted by molar-refractivity contribution is 0.101. The average molecular weight is 261 g/mol. The monoisotopic (exact) mass is 261 g/mol. The van der Waals surface area contributed by atoms with Crippen LogP contribution < -0.4 is 10.9 Å². The number of carbonyl (C=O) groups is 1. The summed E-state index contributed by atoms with van der Waals surface area (Å²) < 4.78 is 14.5. The van der Waals surface area contributed by atoms with Gasteiger partial charge in [0.25, 0.3) is 11.5 Å². The largest absolute Gasteiger partial charge is 0.318 e. The van der Waals surface area contributed by atoms with Crippen LogP contribution in [0, 0.1) is 12.7 Å². The van der Waals surface area contributed by atoms with Crippen molar-refractivity contribution in [3.8, 4) is 0 Å². The first-order chi connectivity index (χ1) is 8.97. The van der Waals surface area contributed by atoms with Gasteiger partial charge in [0.15, 0.2) is 0 Å². The highest BCUT2D eigenvalue weighted by molar-refractivity contribution is 6.02. The third-order valence-corrected chi connectivity index (χ3v) is 2.56. The van der Waals surface area contributed by atoms with Crippen LogP contribution in [-0.2, 0) is 7.05 Å². The first-order valence-electron chi connectivity index (χ1n) is 5.59. The van der Waals surface area contributed by atoms with Crippen LogP contribution in [0.3, 0.4) is 0 Å². The van der Waals surface area contributed by atoms with Crippen molar-refractivity contribution in [2.75, 3.05) is 5.32 Å². The van der Waals surface area contributed by atoms with Crippen LogP contribution >= 0.6 is 0 Å². The fraction of sp³-hybridized carbons (Fsp3) is 0.154. The number of rotatable bonds is 2. The Morgan fingerprint density at radius 3 is 2.74 bits per heavy atom. The number of anilines is 1. The van der Waals surface area contributed by atoms with Crippen molar-refractivity contribution in [1.29, 1.82) is 0 Å². The zero-order valence-electron chi connectivity index (χ0n) is 10.5. The summed E-state index contributed by atoms with van der Waals surface area (Å²) in [7, 11) is 1.44. The summed E-state index contributed by atoms with van der Waals surface area (Å²) in [5, 5.41) is 6.21. The first kappa shape index (κ1) is 12.9. The minimum atomic E-state index is -0.569. The summed E-state index contributed by atoms with van der Waals surface area (Å²) in [5.41, 5.74) is 0.632. The Labute approximate surface area is 108 Å². The molecule has 1 aromatic carbocycles. The summed E-state index contributed by atoms with van der Waals surface area (Å²) >= 11 is 0. The summed E-state index contributed by atoms with van der Waals surface area (Å²) in [5.74, 6) is -1.09. The third kappa shape index (κ3) is 2.85. The van der Waals surface area contributed by atoms with E-state index in [1.165, 1.54) is 31.3 Å². The molecule has 2 rings (SSSR count). The highest BCUT2D eigenvalue weighted by Crippen LogP contribution is 2.16. The molecule has 1 heterocycles. The zero-order valence-corrected chi connectivity index (χ0v) is 10.5. The van der Waals surface area contributed by atoms with Gasteiger partial charge in [-0.3, -0.25) is 9.59 Å². The summed E-state index contributed by atoms with van der Waals surface area (Å²) in [4.78, 5) is 23.0. The van der Waals surface area contributed by atoms with Crippen molar-refractivity contribution in [2.45, 2.75) is 6.92 Å². The Morgan fingerprint density at radius 2 is 2.05 bits per heavy atom. The Hall–Kier alpha value is -2.50. The number of benzene rings is 1. The number of halogens is 1. The van der Waals surface area contributed by atoms with E-state index < -0.39 is 11.7 Å². The van der Waals surface area contributed by atoms with Gasteiger partial charge in [0, 0.05) is 13.1 Å². The molecule has 2 aromatic rings. The number of carbonyl (C=O) groups excluding carboxylic acids is 1. The van der Waals surface area contributed by atoms with Crippen LogP contribution in [0.1, 0.15) is 16.1 Å². The average Bonchev–Trinajstić information content (AvgIpc) is 2.37. The van der Waals surface area contributed by atoms with Crippen LogP contribution in [0.2, 0.25) is 0 Å². The van der Waals surface area contributed by atoms with Gasteiger partial charge < -0.3 is 5.32 Å². The number of aryl methyl sites for hydroxylation is 2. The molecule has 0 bridgehead atoms. The van der Waals surface area contributed by atoms with E-state index in [4.69, 9.17) is 0 Å². The van der Waals surface area contributed by atoms with Gasteiger partial charge in [-0.15, -0.1) is 0 Å². The molecule has 19 heavy (non-hydrogen) atoms. The van der Waals surface area contributed by atoms with E-state index in [1.807, 2.05) is 0 Å². The lowest BCUT2D eigenvalue weighted by atomic mass is 10.2. The van der Waals surface area contributed by atoms with Crippen molar-refractivity contribution >= 4 is 11.6 Å². The summed E-state index contributed by atoms with van der Waals surface area (Å²) in [6, 6.07) is 6.93. The lowest BCUT2D eigenvalue weighted by Gasteiger charge is -2.07.